The second kappa shape index (κ2) is 11.9. The normalized spacial score (nSPS) is 18.5. The lowest BCUT2D eigenvalue weighted by Gasteiger charge is -2.30. The number of hydrogen-bond acceptors (Lipinski definition) is 7. The number of carbonyl (C=O) groups is 1. The van der Waals surface area contributed by atoms with Gasteiger partial charge in [-0.15, -0.1) is 11.8 Å². The molecule has 1 fully saturated rings. The second-order valence-corrected chi connectivity index (χ2v) is 10.9. The molecule has 1 aliphatic rings. The molecule has 1 aromatic carbocycles. The number of nitriles is 1. The Bertz CT molecular complexity index is 1020. The smallest absolute Gasteiger partial charge is 0.224 e. The van der Waals surface area contributed by atoms with Crippen molar-refractivity contribution < 1.29 is 17.9 Å². The highest BCUT2D eigenvalue weighted by Gasteiger charge is 2.34. The zero-order chi connectivity index (χ0) is 22.8. The number of ether oxygens (including phenoxy) is 1. The third-order valence-electron chi connectivity index (χ3n) is 5.46. The van der Waals surface area contributed by atoms with Crippen LogP contribution in [0.5, 0.6) is 5.75 Å². The maximum absolute atomic E-state index is 13.0. The summed E-state index contributed by atoms with van der Waals surface area (Å²) in [6.45, 7) is 0.467. The molecule has 0 saturated heterocycles. The monoisotopic (exact) mass is 473 g/mol. The molecule has 7 nitrogen and oxygen atoms in total. The number of aromatic nitrogens is 1. The van der Waals surface area contributed by atoms with Gasteiger partial charge in [0, 0.05) is 22.8 Å². The summed E-state index contributed by atoms with van der Waals surface area (Å²) >= 11 is 1.59. The van der Waals surface area contributed by atoms with E-state index in [0.717, 1.165) is 29.2 Å². The van der Waals surface area contributed by atoms with E-state index in [-0.39, 0.29) is 34.9 Å². The van der Waals surface area contributed by atoms with Crippen LogP contribution in [0.15, 0.2) is 58.6 Å². The Kier molecular flexibility index (Phi) is 8.94. The Balaban J connectivity index is 1.54. The van der Waals surface area contributed by atoms with E-state index in [9.17, 15) is 13.2 Å². The summed E-state index contributed by atoms with van der Waals surface area (Å²) in [5.74, 6) is 0.585. The van der Waals surface area contributed by atoms with E-state index in [0.29, 0.717) is 19.4 Å². The molecule has 1 aliphatic carbocycles. The number of pyridine rings is 1. The van der Waals surface area contributed by atoms with Gasteiger partial charge >= 0.3 is 0 Å². The van der Waals surface area contributed by atoms with Gasteiger partial charge in [0.1, 0.15) is 12.3 Å². The number of nitrogens with one attached hydrogen (secondary N) is 1. The Morgan fingerprint density at radius 2 is 2.00 bits per heavy atom. The molecule has 0 aliphatic heterocycles. The zero-order valence-corrected chi connectivity index (χ0v) is 19.4. The Labute approximate surface area is 193 Å². The molecule has 0 spiro atoms. The third-order valence-corrected chi connectivity index (χ3v) is 8.29. The fraction of sp³-hybridized carbons (Fsp3) is 0.435. The first-order valence-electron chi connectivity index (χ1n) is 10.6. The quantitative estimate of drug-likeness (QED) is 0.320. The number of nitrogens with zero attached hydrogens (tertiary/aromatic N) is 2. The maximum atomic E-state index is 13.0. The summed E-state index contributed by atoms with van der Waals surface area (Å²) < 4.78 is 31.6. The summed E-state index contributed by atoms with van der Waals surface area (Å²) in [5.41, 5.74) is 0. The van der Waals surface area contributed by atoms with Gasteiger partial charge in [-0.2, -0.15) is 5.26 Å². The van der Waals surface area contributed by atoms with Crippen molar-refractivity contribution in [1.82, 2.24) is 10.3 Å². The largest absolute Gasteiger partial charge is 0.491 e. The van der Waals surface area contributed by atoms with E-state index in [1.165, 1.54) is 0 Å². The van der Waals surface area contributed by atoms with Crippen LogP contribution in [-0.2, 0) is 14.6 Å². The Hall–Kier alpha value is -2.57. The number of sulfone groups is 1. The van der Waals surface area contributed by atoms with Crippen molar-refractivity contribution in [3.8, 4) is 11.8 Å². The van der Waals surface area contributed by atoms with Crippen LogP contribution in [0.2, 0.25) is 0 Å². The molecule has 170 valence electrons. The zero-order valence-electron chi connectivity index (χ0n) is 17.8. The molecule has 9 heteroatoms. The van der Waals surface area contributed by atoms with Crippen molar-refractivity contribution in [1.29, 1.82) is 5.26 Å². The van der Waals surface area contributed by atoms with Gasteiger partial charge in [0.25, 0.3) is 0 Å². The molecular weight excluding hydrogens is 446 g/mol. The fourth-order valence-corrected chi connectivity index (χ4v) is 6.32. The highest BCUT2D eigenvalue weighted by molar-refractivity contribution is 7.99. The molecule has 2 atom stereocenters. The van der Waals surface area contributed by atoms with E-state index in [1.807, 2.05) is 18.2 Å². The van der Waals surface area contributed by atoms with E-state index >= 15 is 0 Å². The molecule has 1 heterocycles. The number of thioether (sulfide) groups is 1. The first-order chi connectivity index (χ1) is 15.5. The average molecular weight is 474 g/mol. The minimum atomic E-state index is -3.51. The van der Waals surface area contributed by atoms with Gasteiger partial charge in [0.2, 0.25) is 5.91 Å². The average Bonchev–Trinajstić information content (AvgIpc) is 2.81. The predicted molar refractivity (Wildman–Crippen MR) is 123 cm³/mol. The second-order valence-electron chi connectivity index (χ2n) is 7.67. The van der Waals surface area contributed by atoms with Crippen LogP contribution < -0.4 is 10.1 Å². The van der Waals surface area contributed by atoms with Gasteiger partial charge in [0.15, 0.2) is 9.84 Å². The standard InChI is InChI=1S/C23H27N3O4S2/c24-11-13-26-23(27)22-6-2-1-4-18(22)17-32(28,29)21-9-7-20(8-10-21)31-15-14-30-19-5-3-12-25-16-19/h3,5,7-10,12,16,18,22H,1-2,4,6,13-15,17H2,(H,26,27)/t18-,22+/m0/s1. The van der Waals surface area contributed by atoms with Gasteiger partial charge < -0.3 is 10.1 Å². The molecule has 3 rings (SSSR count). The van der Waals surface area contributed by atoms with Crippen molar-refractivity contribution in [3.05, 3.63) is 48.8 Å². The molecular formula is C23H27N3O4S2. The summed E-state index contributed by atoms with van der Waals surface area (Å²) in [5, 5.41) is 11.3. The first kappa shape index (κ1) is 24.1. The lowest BCUT2D eigenvalue weighted by Crippen LogP contribution is -2.39. The number of carbonyl (C=O) groups excluding carboxylic acids is 1. The minimum absolute atomic E-state index is 0.0525. The van der Waals surface area contributed by atoms with Crippen LogP contribution in [-0.4, -0.2) is 44.0 Å². The predicted octanol–water partition coefficient (Wildman–Crippen LogP) is 3.47. The summed E-state index contributed by atoms with van der Waals surface area (Å²) in [4.78, 5) is 17.6. The molecule has 1 saturated carbocycles. The van der Waals surface area contributed by atoms with Crippen LogP contribution in [0.3, 0.4) is 0 Å². The highest BCUT2D eigenvalue weighted by Crippen LogP contribution is 2.33. The summed E-state index contributed by atoms with van der Waals surface area (Å²) in [6, 6.07) is 12.4. The molecule has 0 radical (unpaired) electrons. The van der Waals surface area contributed by atoms with Gasteiger partial charge in [-0.1, -0.05) is 12.8 Å². The lowest BCUT2D eigenvalue weighted by molar-refractivity contribution is -0.127. The minimum Gasteiger partial charge on any atom is -0.491 e. The van der Waals surface area contributed by atoms with Gasteiger partial charge in [-0.05, 0) is 55.2 Å². The number of amides is 1. The molecule has 1 amide bonds. The number of hydrogen-bond donors (Lipinski definition) is 1. The third kappa shape index (κ3) is 6.97. The number of benzene rings is 1. The highest BCUT2D eigenvalue weighted by atomic mass is 32.2. The van der Waals surface area contributed by atoms with Crippen LogP contribution in [0.25, 0.3) is 0 Å². The van der Waals surface area contributed by atoms with Crippen LogP contribution in [0.4, 0.5) is 0 Å². The van der Waals surface area contributed by atoms with Gasteiger partial charge in [0.05, 0.1) is 29.5 Å². The SMILES string of the molecule is N#CCNC(=O)[C@@H]1CCCC[C@H]1CS(=O)(=O)c1ccc(SCCOc2cccnc2)cc1. The molecule has 1 aromatic heterocycles. The fourth-order valence-electron chi connectivity index (χ4n) is 3.88. The van der Waals surface area contributed by atoms with Gasteiger partial charge in [-0.3, -0.25) is 9.78 Å². The van der Waals surface area contributed by atoms with E-state index < -0.39 is 9.84 Å². The van der Waals surface area contributed by atoms with E-state index in [4.69, 9.17) is 10.00 Å². The van der Waals surface area contributed by atoms with Crippen molar-refractivity contribution in [3.63, 3.8) is 0 Å². The van der Waals surface area contributed by atoms with Gasteiger partial charge in [-0.25, -0.2) is 8.42 Å². The lowest BCUT2D eigenvalue weighted by atomic mass is 9.80. The summed E-state index contributed by atoms with van der Waals surface area (Å²) in [6.07, 6.45) is 6.53. The Morgan fingerprint density at radius 1 is 1.22 bits per heavy atom. The van der Waals surface area contributed by atoms with Crippen molar-refractivity contribution in [2.45, 2.75) is 35.5 Å². The maximum Gasteiger partial charge on any atom is 0.224 e. The van der Waals surface area contributed by atoms with E-state index in [2.05, 4.69) is 10.3 Å². The first-order valence-corrected chi connectivity index (χ1v) is 13.3. The molecule has 1 N–H and O–H groups in total. The molecule has 32 heavy (non-hydrogen) atoms. The van der Waals surface area contributed by atoms with Crippen molar-refractivity contribution in [2.24, 2.45) is 11.8 Å². The topological polar surface area (TPSA) is 109 Å². The number of rotatable bonds is 10. The Morgan fingerprint density at radius 3 is 2.72 bits per heavy atom. The van der Waals surface area contributed by atoms with Crippen molar-refractivity contribution in [2.75, 3.05) is 24.7 Å². The van der Waals surface area contributed by atoms with Crippen molar-refractivity contribution >= 4 is 27.5 Å². The van der Waals surface area contributed by atoms with Crippen LogP contribution in [0, 0.1) is 23.2 Å². The summed E-state index contributed by atoms with van der Waals surface area (Å²) in [7, 11) is -3.51. The van der Waals surface area contributed by atoms with Crippen LogP contribution >= 0.6 is 11.8 Å². The molecule has 0 unspecified atom stereocenters. The molecule has 2 aromatic rings. The van der Waals surface area contributed by atoms with Crippen LogP contribution in [0.1, 0.15) is 25.7 Å². The van der Waals surface area contributed by atoms with E-state index in [1.54, 1.807) is 48.4 Å². The molecule has 0 bridgehead atoms.